The Labute approximate surface area is 79.7 Å². The van der Waals surface area contributed by atoms with Crippen LogP contribution in [0.1, 0.15) is 26.2 Å². The van der Waals surface area contributed by atoms with Gasteiger partial charge >= 0.3 is 0 Å². The van der Waals surface area contributed by atoms with E-state index in [1.54, 1.807) is 0 Å². The van der Waals surface area contributed by atoms with Crippen molar-refractivity contribution in [3.05, 3.63) is 0 Å². The third-order valence-electron chi connectivity index (χ3n) is 2.17. The molecular weight excluding hydrogens is 168 g/mol. The van der Waals surface area contributed by atoms with Gasteiger partial charge in [0, 0.05) is 13.0 Å². The summed E-state index contributed by atoms with van der Waals surface area (Å²) in [6, 6.07) is 0.787. The molecule has 1 saturated heterocycles. The molecule has 0 aromatic rings. The summed E-state index contributed by atoms with van der Waals surface area (Å²) in [7, 11) is 2.19. The molecule has 0 saturated carbocycles. The van der Waals surface area contributed by atoms with Crippen molar-refractivity contribution < 1.29 is 9.90 Å². The first-order valence-electron chi connectivity index (χ1n) is 4.67. The average molecular weight is 188 g/mol. The molecule has 0 aromatic heterocycles. The van der Waals surface area contributed by atoms with E-state index < -0.39 is 5.97 Å². The zero-order valence-electron chi connectivity index (χ0n) is 8.49. The molecular formula is C9H20N2O2. The number of nitrogens with two attached hydrogens (primary N) is 1. The second-order valence-electron chi connectivity index (χ2n) is 3.37. The van der Waals surface area contributed by atoms with E-state index in [0.717, 1.165) is 19.5 Å². The van der Waals surface area contributed by atoms with Gasteiger partial charge in [-0.1, -0.05) is 0 Å². The fourth-order valence-electron chi connectivity index (χ4n) is 1.54. The van der Waals surface area contributed by atoms with Gasteiger partial charge in [0.05, 0.1) is 0 Å². The van der Waals surface area contributed by atoms with Gasteiger partial charge in [0.2, 0.25) is 0 Å². The van der Waals surface area contributed by atoms with Crippen molar-refractivity contribution in [3.63, 3.8) is 0 Å². The van der Waals surface area contributed by atoms with Crippen LogP contribution in [0.5, 0.6) is 0 Å². The highest BCUT2D eigenvalue weighted by Crippen LogP contribution is 2.16. The molecule has 1 heterocycles. The average Bonchev–Trinajstić information content (AvgIpc) is 2.36. The standard InChI is InChI=1S/C7H16N2.C2H4O2/c1-9-6-2-3-7(9)4-5-8;1-2(3)4/h7H,2-6,8H2,1H3;1H3,(H,3,4)/t7-;/m0./s1. The Bertz CT molecular complexity index is 147. The van der Waals surface area contributed by atoms with Gasteiger partial charge in [0.1, 0.15) is 0 Å². The Morgan fingerprint density at radius 1 is 1.69 bits per heavy atom. The fourth-order valence-corrected chi connectivity index (χ4v) is 1.54. The topological polar surface area (TPSA) is 66.6 Å². The Balaban J connectivity index is 0.000000310. The molecule has 0 spiro atoms. The van der Waals surface area contributed by atoms with Gasteiger partial charge in [0.15, 0.2) is 0 Å². The lowest BCUT2D eigenvalue weighted by Gasteiger charge is -2.17. The first kappa shape index (κ1) is 12.4. The Morgan fingerprint density at radius 3 is 2.54 bits per heavy atom. The number of carbonyl (C=O) groups is 1. The first-order chi connectivity index (χ1) is 6.07. The van der Waals surface area contributed by atoms with Crippen molar-refractivity contribution >= 4 is 5.97 Å². The molecule has 0 amide bonds. The molecule has 1 rings (SSSR count). The number of rotatable bonds is 2. The minimum Gasteiger partial charge on any atom is -0.481 e. The van der Waals surface area contributed by atoms with Gasteiger partial charge in [-0.05, 0) is 39.4 Å². The maximum Gasteiger partial charge on any atom is 0.300 e. The summed E-state index contributed by atoms with van der Waals surface area (Å²) in [5.41, 5.74) is 5.44. The lowest BCUT2D eigenvalue weighted by Crippen LogP contribution is -2.27. The lowest BCUT2D eigenvalue weighted by atomic mass is 10.1. The zero-order chi connectivity index (χ0) is 10.3. The summed E-state index contributed by atoms with van der Waals surface area (Å²) in [5, 5.41) is 7.42. The molecule has 1 atom stereocenters. The van der Waals surface area contributed by atoms with E-state index in [2.05, 4.69) is 11.9 Å². The number of carboxylic acid groups (broad SMARTS) is 1. The summed E-state index contributed by atoms with van der Waals surface area (Å²) in [6.45, 7) is 3.19. The molecule has 4 heteroatoms. The molecule has 0 radical (unpaired) electrons. The van der Waals surface area contributed by atoms with Gasteiger partial charge < -0.3 is 15.7 Å². The Morgan fingerprint density at radius 2 is 2.23 bits per heavy atom. The Kier molecular flexibility index (Phi) is 6.54. The van der Waals surface area contributed by atoms with Crippen molar-refractivity contribution in [2.75, 3.05) is 20.1 Å². The van der Waals surface area contributed by atoms with Gasteiger partial charge in [0.25, 0.3) is 5.97 Å². The number of aliphatic carboxylic acids is 1. The Hall–Kier alpha value is -0.610. The minimum absolute atomic E-state index is 0.787. The van der Waals surface area contributed by atoms with E-state index in [1.807, 2.05) is 0 Å². The van der Waals surface area contributed by atoms with E-state index in [0.29, 0.717) is 0 Å². The number of nitrogens with zero attached hydrogens (tertiary/aromatic N) is 1. The quantitative estimate of drug-likeness (QED) is 0.663. The molecule has 78 valence electrons. The predicted octanol–water partition coefficient (Wildman–Crippen LogP) is 0.520. The largest absolute Gasteiger partial charge is 0.481 e. The molecule has 4 nitrogen and oxygen atoms in total. The molecule has 1 fully saturated rings. The van der Waals surface area contributed by atoms with Crippen LogP contribution in [-0.4, -0.2) is 42.2 Å². The molecule has 0 aromatic carbocycles. The first-order valence-corrected chi connectivity index (χ1v) is 4.67. The molecule has 1 aliphatic heterocycles. The zero-order valence-corrected chi connectivity index (χ0v) is 8.49. The van der Waals surface area contributed by atoms with Crippen molar-refractivity contribution in [2.24, 2.45) is 5.73 Å². The highest BCUT2D eigenvalue weighted by atomic mass is 16.4. The lowest BCUT2D eigenvalue weighted by molar-refractivity contribution is -0.134. The van der Waals surface area contributed by atoms with Crippen LogP contribution in [0.4, 0.5) is 0 Å². The molecule has 1 aliphatic rings. The molecule has 0 unspecified atom stereocenters. The number of likely N-dealkylation sites (tertiary alicyclic amines) is 1. The third kappa shape index (κ3) is 6.54. The van der Waals surface area contributed by atoms with Gasteiger partial charge in [-0.15, -0.1) is 0 Å². The number of hydrogen-bond acceptors (Lipinski definition) is 3. The summed E-state index contributed by atoms with van der Waals surface area (Å²) in [6.07, 6.45) is 3.89. The predicted molar refractivity (Wildman–Crippen MR) is 52.6 cm³/mol. The van der Waals surface area contributed by atoms with Crippen LogP contribution in [0.3, 0.4) is 0 Å². The molecule has 13 heavy (non-hydrogen) atoms. The fraction of sp³-hybridized carbons (Fsp3) is 0.889. The second-order valence-corrected chi connectivity index (χ2v) is 3.37. The van der Waals surface area contributed by atoms with Crippen molar-refractivity contribution in [1.29, 1.82) is 0 Å². The summed E-state index contributed by atoms with van der Waals surface area (Å²) >= 11 is 0. The van der Waals surface area contributed by atoms with Crippen LogP contribution in [-0.2, 0) is 4.79 Å². The van der Waals surface area contributed by atoms with Crippen LogP contribution in [0.25, 0.3) is 0 Å². The van der Waals surface area contributed by atoms with E-state index in [-0.39, 0.29) is 0 Å². The van der Waals surface area contributed by atoms with Crippen LogP contribution in [0, 0.1) is 0 Å². The smallest absolute Gasteiger partial charge is 0.300 e. The molecule has 0 bridgehead atoms. The number of hydrogen-bond donors (Lipinski definition) is 2. The van der Waals surface area contributed by atoms with Crippen molar-refractivity contribution in [3.8, 4) is 0 Å². The van der Waals surface area contributed by atoms with Crippen LogP contribution < -0.4 is 5.73 Å². The third-order valence-corrected chi connectivity index (χ3v) is 2.17. The summed E-state index contributed by atoms with van der Waals surface area (Å²) in [4.78, 5) is 11.4. The van der Waals surface area contributed by atoms with Crippen molar-refractivity contribution in [2.45, 2.75) is 32.2 Å². The highest BCUT2D eigenvalue weighted by molar-refractivity contribution is 5.62. The SMILES string of the molecule is CC(=O)O.CN1CCC[C@H]1CCN. The van der Waals surface area contributed by atoms with Gasteiger partial charge in [-0.25, -0.2) is 0 Å². The maximum atomic E-state index is 9.00. The van der Waals surface area contributed by atoms with Crippen LogP contribution in [0.2, 0.25) is 0 Å². The van der Waals surface area contributed by atoms with Gasteiger partial charge in [-0.3, -0.25) is 4.79 Å². The van der Waals surface area contributed by atoms with E-state index in [9.17, 15) is 0 Å². The summed E-state index contributed by atoms with van der Waals surface area (Å²) in [5.74, 6) is -0.833. The summed E-state index contributed by atoms with van der Waals surface area (Å²) < 4.78 is 0. The van der Waals surface area contributed by atoms with E-state index in [4.69, 9.17) is 15.6 Å². The normalized spacial score (nSPS) is 22.2. The molecule has 0 aliphatic carbocycles. The number of carboxylic acids is 1. The minimum atomic E-state index is -0.833. The highest BCUT2D eigenvalue weighted by Gasteiger charge is 2.18. The van der Waals surface area contributed by atoms with Crippen LogP contribution >= 0.6 is 0 Å². The van der Waals surface area contributed by atoms with Gasteiger partial charge in [-0.2, -0.15) is 0 Å². The van der Waals surface area contributed by atoms with Crippen LogP contribution in [0.15, 0.2) is 0 Å². The molecule has 3 N–H and O–H groups in total. The maximum absolute atomic E-state index is 9.00. The van der Waals surface area contributed by atoms with E-state index in [1.165, 1.54) is 25.8 Å². The van der Waals surface area contributed by atoms with Crippen molar-refractivity contribution in [1.82, 2.24) is 4.90 Å². The monoisotopic (exact) mass is 188 g/mol. The second kappa shape index (κ2) is 6.86. The van der Waals surface area contributed by atoms with E-state index >= 15 is 0 Å².